The van der Waals surface area contributed by atoms with Gasteiger partial charge in [-0.3, -0.25) is 19.0 Å². The van der Waals surface area contributed by atoms with Crippen molar-refractivity contribution in [2.24, 2.45) is 5.92 Å². The number of nitrogens with zero attached hydrogens (tertiary/aromatic N) is 3. The van der Waals surface area contributed by atoms with Crippen LogP contribution in [0.15, 0.2) is 77.9 Å². The van der Waals surface area contributed by atoms with Crippen LogP contribution in [0, 0.1) is 24.5 Å². The molecule has 12 heteroatoms. The molecule has 212 valence electrons. The molecule has 4 N–H and O–H groups in total. The van der Waals surface area contributed by atoms with E-state index in [2.05, 4.69) is 15.6 Å². The van der Waals surface area contributed by atoms with Gasteiger partial charge in [0.25, 0.3) is 11.5 Å². The quantitative estimate of drug-likeness (QED) is 0.251. The van der Waals surface area contributed by atoms with E-state index in [1.165, 1.54) is 42.5 Å². The van der Waals surface area contributed by atoms with Gasteiger partial charge < -0.3 is 25.5 Å². The summed E-state index contributed by atoms with van der Waals surface area (Å²) in [6.07, 6.45) is 4.99. The van der Waals surface area contributed by atoms with Crippen molar-refractivity contribution in [1.82, 2.24) is 14.0 Å². The van der Waals surface area contributed by atoms with Gasteiger partial charge in [0.05, 0.1) is 18.1 Å². The predicted octanol–water partition coefficient (Wildman–Crippen LogP) is 5.05. The Morgan fingerprint density at radius 1 is 1.00 bits per heavy atom. The van der Waals surface area contributed by atoms with Gasteiger partial charge in [-0.15, -0.1) is 0 Å². The summed E-state index contributed by atoms with van der Waals surface area (Å²) < 4.78 is 36.8. The smallest absolute Gasteiger partial charge is 0.269 e. The van der Waals surface area contributed by atoms with E-state index in [1.54, 1.807) is 35.9 Å². The van der Waals surface area contributed by atoms with Gasteiger partial charge >= 0.3 is 0 Å². The second-order valence-corrected chi connectivity index (χ2v) is 9.97. The Kier molecular flexibility index (Phi) is 6.65. The first-order chi connectivity index (χ1) is 20.2. The second kappa shape index (κ2) is 10.5. The van der Waals surface area contributed by atoms with Gasteiger partial charge in [0.15, 0.2) is 17.4 Å². The summed E-state index contributed by atoms with van der Waals surface area (Å²) in [7, 11) is 0. The molecule has 0 spiro atoms. The molecule has 2 aromatic carbocycles. The number of fused-ring (bicyclic) bond motifs is 1. The third kappa shape index (κ3) is 5.29. The van der Waals surface area contributed by atoms with Crippen molar-refractivity contribution in [3.63, 3.8) is 0 Å². The number of nitrogen functional groups attached to an aromatic ring is 1. The van der Waals surface area contributed by atoms with Gasteiger partial charge in [-0.2, -0.15) is 0 Å². The molecule has 3 aromatic heterocycles. The average Bonchev–Trinajstić information content (AvgIpc) is 3.71. The topological polar surface area (TPSA) is 133 Å². The summed E-state index contributed by atoms with van der Waals surface area (Å²) in [5, 5.41) is 5.32. The summed E-state index contributed by atoms with van der Waals surface area (Å²) in [6.45, 7) is 1.56. The standard InChI is InChI=1S/C30H24F2N6O4/c1-16-12-24(33)38(20-7-4-18(31)5-8-20)30(41)27(16)29(40)34-19-6-10-23(22(32)13-19)42-21-9-11-26-35-25(15-37(26)14-21)36-28(39)17-2-3-17/h4-15,17H,2-3,33H2,1H3,(H,34,40)(H,36,39). The molecule has 0 radical (unpaired) electrons. The van der Waals surface area contributed by atoms with Gasteiger partial charge in [0.1, 0.15) is 28.6 Å². The molecule has 1 aliphatic rings. The highest BCUT2D eigenvalue weighted by atomic mass is 19.1. The Hall–Kier alpha value is -5.52. The first-order valence-electron chi connectivity index (χ1n) is 13.0. The van der Waals surface area contributed by atoms with E-state index in [4.69, 9.17) is 10.5 Å². The van der Waals surface area contributed by atoms with E-state index in [0.29, 0.717) is 22.8 Å². The van der Waals surface area contributed by atoms with E-state index >= 15 is 4.39 Å². The van der Waals surface area contributed by atoms with Crippen molar-refractivity contribution in [2.45, 2.75) is 19.8 Å². The monoisotopic (exact) mass is 570 g/mol. The Morgan fingerprint density at radius 3 is 2.48 bits per heavy atom. The zero-order valence-electron chi connectivity index (χ0n) is 22.2. The molecule has 10 nitrogen and oxygen atoms in total. The summed E-state index contributed by atoms with van der Waals surface area (Å²) in [4.78, 5) is 42.7. The molecule has 0 saturated heterocycles. The number of anilines is 3. The summed E-state index contributed by atoms with van der Waals surface area (Å²) in [5.41, 5.74) is 6.39. The minimum atomic E-state index is -0.767. The number of aryl methyl sites for hydroxylation is 1. The highest BCUT2D eigenvalue weighted by Crippen LogP contribution is 2.31. The third-order valence-electron chi connectivity index (χ3n) is 6.79. The van der Waals surface area contributed by atoms with Crippen molar-refractivity contribution in [1.29, 1.82) is 0 Å². The van der Waals surface area contributed by atoms with Crippen molar-refractivity contribution >= 4 is 34.8 Å². The van der Waals surface area contributed by atoms with Crippen LogP contribution in [-0.4, -0.2) is 25.8 Å². The van der Waals surface area contributed by atoms with Crippen LogP contribution in [0.3, 0.4) is 0 Å². The Morgan fingerprint density at radius 2 is 1.76 bits per heavy atom. The van der Waals surface area contributed by atoms with Crippen LogP contribution >= 0.6 is 0 Å². The van der Waals surface area contributed by atoms with E-state index in [9.17, 15) is 18.8 Å². The van der Waals surface area contributed by atoms with Gasteiger partial charge in [-0.05, 0) is 79.9 Å². The molecule has 0 unspecified atom stereocenters. The minimum Gasteiger partial charge on any atom is -0.453 e. The minimum absolute atomic E-state index is 0.0418. The molecule has 1 fully saturated rings. The number of carbonyl (C=O) groups is 2. The van der Waals surface area contributed by atoms with Crippen molar-refractivity contribution < 1.29 is 23.1 Å². The number of rotatable bonds is 7. The molecule has 2 amide bonds. The number of hydrogen-bond donors (Lipinski definition) is 3. The Bertz CT molecular complexity index is 1930. The lowest BCUT2D eigenvalue weighted by Gasteiger charge is -2.14. The molecule has 42 heavy (non-hydrogen) atoms. The Balaban J connectivity index is 1.19. The SMILES string of the molecule is Cc1cc(N)n(-c2ccc(F)cc2)c(=O)c1C(=O)Nc1ccc(Oc2ccc3nc(NC(=O)C4CC4)cn3c2)c(F)c1. The van der Waals surface area contributed by atoms with Crippen LogP contribution < -0.4 is 26.7 Å². The summed E-state index contributed by atoms with van der Waals surface area (Å²) in [6, 6.07) is 13.7. The van der Waals surface area contributed by atoms with Gasteiger partial charge in [-0.1, -0.05) is 0 Å². The number of nitrogens with two attached hydrogens (primary N) is 1. The van der Waals surface area contributed by atoms with E-state index in [-0.39, 0.29) is 40.3 Å². The lowest BCUT2D eigenvalue weighted by molar-refractivity contribution is -0.117. The fourth-order valence-electron chi connectivity index (χ4n) is 4.54. The lowest BCUT2D eigenvalue weighted by atomic mass is 10.1. The number of carbonyl (C=O) groups excluding carboxylic acids is 2. The fraction of sp³-hybridized carbons (Fsp3) is 0.133. The third-order valence-corrected chi connectivity index (χ3v) is 6.79. The molecule has 6 rings (SSSR count). The first-order valence-corrected chi connectivity index (χ1v) is 13.0. The lowest BCUT2D eigenvalue weighted by Crippen LogP contribution is -2.31. The zero-order chi connectivity index (χ0) is 29.5. The number of aromatic nitrogens is 3. The van der Waals surface area contributed by atoms with Crippen LogP contribution in [0.2, 0.25) is 0 Å². The number of imidazole rings is 1. The van der Waals surface area contributed by atoms with Crippen LogP contribution in [0.5, 0.6) is 11.5 Å². The number of ether oxygens (including phenoxy) is 1. The molecule has 0 bridgehead atoms. The maximum atomic E-state index is 15.0. The maximum absolute atomic E-state index is 15.0. The number of amides is 2. The molecule has 5 aromatic rings. The molecule has 0 atom stereocenters. The Labute approximate surface area is 237 Å². The van der Waals surface area contributed by atoms with Crippen molar-refractivity contribution in [3.05, 3.63) is 106 Å². The molecular formula is C30H24F2N6O4. The van der Waals surface area contributed by atoms with E-state index in [1.807, 2.05) is 0 Å². The number of nitrogens with one attached hydrogen (secondary N) is 2. The average molecular weight is 571 g/mol. The number of pyridine rings is 2. The largest absolute Gasteiger partial charge is 0.453 e. The fourth-order valence-corrected chi connectivity index (χ4v) is 4.54. The van der Waals surface area contributed by atoms with E-state index in [0.717, 1.165) is 23.5 Å². The molecular weight excluding hydrogens is 546 g/mol. The second-order valence-electron chi connectivity index (χ2n) is 9.97. The normalized spacial score (nSPS) is 12.7. The predicted molar refractivity (Wildman–Crippen MR) is 152 cm³/mol. The summed E-state index contributed by atoms with van der Waals surface area (Å²) >= 11 is 0. The van der Waals surface area contributed by atoms with Crippen LogP contribution in [0.25, 0.3) is 11.3 Å². The first kappa shape index (κ1) is 26.7. The number of benzene rings is 2. The van der Waals surface area contributed by atoms with Gasteiger partial charge in [0.2, 0.25) is 5.91 Å². The maximum Gasteiger partial charge on any atom is 0.269 e. The molecule has 3 heterocycles. The van der Waals surface area contributed by atoms with Crippen molar-refractivity contribution in [3.8, 4) is 17.2 Å². The van der Waals surface area contributed by atoms with Crippen LogP contribution in [-0.2, 0) is 4.79 Å². The molecule has 0 aliphatic heterocycles. The zero-order valence-corrected chi connectivity index (χ0v) is 22.2. The van der Waals surface area contributed by atoms with Crippen molar-refractivity contribution in [2.75, 3.05) is 16.4 Å². The number of hydrogen-bond acceptors (Lipinski definition) is 6. The van der Waals surface area contributed by atoms with E-state index < -0.39 is 23.1 Å². The van der Waals surface area contributed by atoms with Gasteiger partial charge in [-0.25, -0.2) is 13.8 Å². The highest BCUT2D eigenvalue weighted by Gasteiger charge is 2.30. The van der Waals surface area contributed by atoms with Gasteiger partial charge in [0, 0.05) is 17.7 Å². The number of halogens is 2. The highest BCUT2D eigenvalue weighted by molar-refractivity contribution is 6.05. The summed E-state index contributed by atoms with van der Waals surface area (Å²) in [5.74, 6) is -1.33. The molecule has 1 saturated carbocycles. The van der Waals surface area contributed by atoms with Crippen LogP contribution in [0.4, 0.5) is 26.1 Å². The molecule has 1 aliphatic carbocycles. The van der Waals surface area contributed by atoms with Crippen LogP contribution in [0.1, 0.15) is 28.8 Å².